The van der Waals surface area contributed by atoms with Crippen molar-refractivity contribution in [1.82, 2.24) is 0 Å². The summed E-state index contributed by atoms with van der Waals surface area (Å²) in [5.41, 5.74) is 0.737. The molecule has 0 heterocycles. The van der Waals surface area contributed by atoms with Gasteiger partial charge in [-0.3, -0.25) is 4.79 Å². The first-order chi connectivity index (χ1) is 7.13. The third kappa shape index (κ3) is 3.58. The highest BCUT2D eigenvalue weighted by Gasteiger charge is 2.09. The lowest BCUT2D eigenvalue weighted by molar-refractivity contribution is -0.135. The zero-order valence-corrected chi connectivity index (χ0v) is 8.61. The Hall–Kier alpha value is -1.58. The molecule has 0 unspecified atom stereocenters. The van der Waals surface area contributed by atoms with E-state index in [1.165, 1.54) is 12.1 Å². The molecule has 1 N–H and O–H groups in total. The van der Waals surface area contributed by atoms with Crippen LogP contribution in [0.1, 0.15) is 13.3 Å². The molecule has 0 aromatic heterocycles. The monoisotopic (exact) mass is 211 g/mol. The van der Waals surface area contributed by atoms with Gasteiger partial charge in [0.2, 0.25) is 0 Å². The Kier molecular flexibility index (Phi) is 4.09. The highest BCUT2D eigenvalue weighted by molar-refractivity contribution is 5.73. The van der Waals surface area contributed by atoms with E-state index in [4.69, 9.17) is 5.11 Å². The van der Waals surface area contributed by atoms with Crippen molar-refractivity contribution in [2.45, 2.75) is 13.3 Å². The molecule has 0 fully saturated rings. The van der Waals surface area contributed by atoms with Crippen molar-refractivity contribution in [3.63, 3.8) is 0 Å². The maximum atomic E-state index is 12.7. The summed E-state index contributed by atoms with van der Waals surface area (Å²) in [7, 11) is 0. The molecule has 0 saturated heterocycles. The van der Waals surface area contributed by atoms with E-state index < -0.39 is 5.97 Å². The van der Waals surface area contributed by atoms with E-state index in [-0.39, 0.29) is 12.4 Å². The molecule has 0 amide bonds. The molecule has 3 nitrogen and oxygen atoms in total. The first-order valence-electron chi connectivity index (χ1n) is 4.85. The van der Waals surface area contributed by atoms with Crippen LogP contribution in [0.5, 0.6) is 0 Å². The second-order valence-corrected chi connectivity index (χ2v) is 3.29. The molecule has 0 aliphatic rings. The SMILES string of the molecule is CCCN(CC(=O)O)c1ccc(F)cc1. The Bertz CT molecular complexity index is 324. The van der Waals surface area contributed by atoms with Gasteiger partial charge in [-0.25, -0.2) is 4.39 Å². The van der Waals surface area contributed by atoms with Crippen LogP contribution in [0.25, 0.3) is 0 Å². The maximum Gasteiger partial charge on any atom is 0.323 e. The topological polar surface area (TPSA) is 40.5 Å². The van der Waals surface area contributed by atoms with Gasteiger partial charge >= 0.3 is 5.97 Å². The summed E-state index contributed by atoms with van der Waals surface area (Å²) in [4.78, 5) is 12.3. The van der Waals surface area contributed by atoms with E-state index in [1.807, 2.05) is 6.92 Å². The number of aliphatic carboxylic acids is 1. The van der Waals surface area contributed by atoms with E-state index >= 15 is 0 Å². The number of benzene rings is 1. The van der Waals surface area contributed by atoms with Crippen LogP contribution in [0, 0.1) is 5.82 Å². The highest BCUT2D eigenvalue weighted by Crippen LogP contribution is 2.14. The zero-order chi connectivity index (χ0) is 11.3. The molecule has 82 valence electrons. The molecule has 0 aliphatic heterocycles. The average molecular weight is 211 g/mol. The van der Waals surface area contributed by atoms with Crippen molar-refractivity contribution in [3.8, 4) is 0 Å². The second kappa shape index (κ2) is 5.34. The third-order valence-corrected chi connectivity index (χ3v) is 2.01. The Morgan fingerprint density at radius 3 is 2.47 bits per heavy atom. The first-order valence-corrected chi connectivity index (χ1v) is 4.85. The molecule has 1 aromatic carbocycles. The van der Waals surface area contributed by atoms with Gasteiger partial charge in [-0.15, -0.1) is 0 Å². The normalized spacial score (nSPS) is 10.0. The van der Waals surface area contributed by atoms with Gasteiger partial charge in [-0.1, -0.05) is 6.92 Å². The van der Waals surface area contributed by atoms with Crippen LogP contribution in [0.3, 0.4) is 0 Å². The molecule has 0 atom stereocenters. The van der Waals surface area contributed by atoms with Crippen molar-refractivity contribution >= 4 is 11.7 Å². The van der Waals surface area contributed by atoms with Gasteiger partial charge in [0.1, 0.15) is 12.4 Å². The lowest BCUT2D eigenvalue weighted by Crippen LogP contribution is -2.30. The summed E-state index contributed by atoms with van der Waals surface area (Å²) in [6, 6.07) is 5.85. The van der Waals surface area contributed by atoms with Crippen molar-refractivity contribution in [2.75, 3.05) is 18.0 Å². The summed E-state index contributed by atoms with van der Waals surface area (Å²) in [6.45, 7) is 2.57. The lowest BCUT2D eigenvalue weighted by atomic mass is 10.2. The number of carboxylic acid groups (broad SMARTS) is 1. The van der Waals surface area contributed by atoms with E-state index in [2.05, 4.69) is 0 Å². The lowest BCUT2D eigenvalue weighted by Gasteiger charge is -2.21. The molecular formula is C11H14FNO2. The molecule has 15 heavy (non-hydrogen) atoms. The molecule has 0 spiro atoms. The number of hydrogen-bond acceptors (Lipinski definition) is 2. The zero-order valence-electron chi connectivity index (χ0n) is 8.61. The average Bonchev–Trinajstić information content (AvgIpc) is 2.17. The molecule has 4 heteroatoms. The van der Waals surface area contributed by atoms with Gasteiger partial charge in [-0.2, -0.15) is 0 Å². The fourth-order valence-electron chi connectivity index (χ4n) is 1.38. The van der Waals surface area contributed by atoms with Crippen LogP contribution in [0.4, 0.5) is 10.1 Å². The molecular weight excluding hydrogens is 197 g/mol. The van der Waals surface area contributed by atoms with Crippen molar-refractivity contribution in [3.05, 3.63) is 30.1 Å². The molecule has 1 aromatic rings. The van der Waals surface area contributed by atoms with Gasteiger partial charge in [0.05, 0.1) is 0 Å². The van der Waals surface area contributed by atoms with Gasteiger partial charge in [0, 0.05) is 12.2 Å². The van der Waals surface area contributed by atoms with Crippen LogP contribution in [0.15, 0.2) is 24.3 Å². The van der Waals surface area contributed by atoms with Crippen molar-refractivity contribution in [1.29, 1.82) is 0 Å². The Morgan fingerprint density at radius 2 is 2.00 bits per heavy atom. The standard InChI is InChI=1S/C11H14FNO2/c1-2-7-13(8-11(14)15)10-5-3-9(12)4-6-10/h3-6H,2,7-8H2,1H3,(H,14,15). The summed E-state index contributed by atoms with van der Waals surface area (Å²) in [5, 5.41) is 8.71. The van der Waals surface area contributed by atoms with E-state index in [9.17, 15) is 9.18 Å². The van der Waals surface area contributed by atoms with Gasteiger partial charge in [-0.05, 0) is 30.7 Å². The highest BCUT2D eigenvalue weighted by atomic mass is 19.1. The number of anilines is 1. The third-order valence-electron chi connectivity index (χ3n) is 2.01. The molecule has 0 bridgehead atoms. The predicted octanol–water partition coefficient (Wildman–Crippen LogP) is 2.13. The largest absolute Gasteiger partial charge is 0.480 e. The van der Waals surface area contributed by atoms with E-state index in [0.29, 0.717) is 6.54 Å². The minimum absolute atomic E-state index is 0.0561. The first kappa shape index (κ1) is 11.5. The predicted molar refractivity (Wildman–Crippen MR) is 56.5 cm³/mol. The fourth-order valence-corrected chi connectivity index (χ4v) is 1.38. The maximum absolute atomic E-state index is 12.7. The molecule has 1 rings (SSSR count). The smallest absolute Gasteiger partial charge is 0.323 e. The van der Waals surface area contributed by atoms with Crippen LogP contribution in [-0.4, -0.2) is 24.2 Å². The van der Waals surface area contributed by atoms with Crippen molar-refractivity contribution < 1.29 is 14.3 Å². The van der Waals surface area contributed by atoms with Crippen LogP contribution < -0.4 is 4.90 Å². The quantitative estimate of drug-likeness (QED) is 0.811. The molecule has 0 saturated carbocycles. The molecule has 0 aliphatic carbocycles. The van der Waals surface area contributed by atoms with E-state index in [1.54, 1.807) is 17.0 Å². The minimum atomic E-state index is -0.882. The molecule has 0 radical (unpaired) electrons. The Labute approximate surface area is 88.1 Å². The Morgan fingerprint density at radius 1 is 1.40 bits per heavy atom. The van der Waals surface area contributed by atoms with Crippen LogP contribution in [-0.2, 0) is 4.79 Å². The van der Waals surface area contributed by atoms with Crippen LogP contribution in [0.2, 0.25) is 0 Å². The van der Waals surface area contributed by atoms with Gasteiger partial charge in [0.15, 0.2) is 0 Å². The Balaban J connectivity index is 2.78. The second-order valence-electron chi connectivity index (χ2n) is 3.29. The van der Waals surface area contributed by atoms with Gasteiger partial charge < -0.3 is 10.0 Å². The number of carbonyl (C=O) groups is 1. The van der Waals surface area contributed by atoms with Crippen molar-refractivity contribution in [2.24, 2.45) is 0 Å². The fraction of sp³-hybridized carbons (Fsp3) is 0.364. The summed E-state index contributed by atoms with van der Waals surface area (Å²) in [6.07, 6.45) is 0.852. The minimum Gasteiger partial charge on any atom is -0.480 e. The number of hydrogen-bond donors (Lipinski definition) is 1. The summed E-state index contributed by atoms with van der Waals surface area (Å²) < 4.78 is 12.7. The van der Waals surface area contributed by atoms with Crippen LogP contribution >= 0.6 is 0 Å². The summed E-state index contributed by atoms with van der Waals surface area (Å²) >= 11 is 0. The number of rotatable bonds is 5. The van der Waals surface area contributed by atoms with E-state index in [0.717, 1.165) is 12.1 Å². The van der Waals surface area contributed by atoms with Gasteiger partial charge in [0.25, 0.3) is 0 Å². The number of carboxylic acids is 1. The summed E-state index contributed by atoms with van der Waals surface area (Å²) in [5.74, 6) is -1.20. The number of halogens is 1. The number of nitrogens with zero attached hydrogens (tertiary/aromatic N) is 1.